The van der Waals surface area contributed by atoms with Crippen LogP contribution in [-0.4, -0.2) is 6.29 Å². The van der Waals surface area contributed by atoms with Crippen LogP contribution in [0.3, 0.4) is 0 Å². The molecule has 0 aromatic heterocycles. The first kappa shape index (κ1) is 11.4. The van der Waals surface area contributed by atoms with Crippen molar-refractivity contribution in [3.63, 3.8) is 0 Å². The molecule has 1 aromatic carbocycles. The summed E-state index contributed by atoms with van der Waals surface area (Å²) in [6.07, 6.45) is 1.50. The summed E-state index contributed by atoms with van der Waals surface area (Å²) >= 11 is 0. The van der Waals surface area contributed by atoms with Gasteiger partial charge in [-0.05, 0) is 0 Å². The molecule has 0 fully saturated rings. The molecule has 0 unspecified atom stereocenters. The molecule has 0 saturated heterocycles. The molecular formula is C7H8MnO. The van der Waals surface area contributed by atoms with Crippen molar-refractivity contribution in [2.75, 3.05) is 0 Å². The van der Waals surface area contributed by atoms with Crippen LogP contribution >= 0.6 is 0 Å². The van der Waals surface area contributed by atoms with E-state index in [1.807, 2.05) is 30.3 Å². The number of carbonyl (C=O) groups excluding carboxylic acids is 1. The number of hydrogen-bond donors (Lipinski definition) is 0. The van der Waals surface area contributed by atoms with Crippen LogP contribution < -0.4 is 0 Å². The fourth-order valence-corrected chi connectivity index (χ4v) is 0.321. The van der Waals surface area contributed by atoms with E-state index in [2.05, 4.69) is 0 Å². The van der Waals surface area contributed by atoms with E-state index in [0.717, 1.165) is 0 Å². The summed E-state index contributed by atoms with van der Waals surface area (Å²) in [4.78, 5) is 8.68. The minimum Gasteiger partial charge on any atom is -0.542 e. The average Bonchev–Trinajstić information content (AvgIpc) is 2.17. The van der Waals surface area contributed by atoms with Crippen LogP contribution in [0, 0.1) is 0 Å². The third kappa shape index (κ3) is 11.2. The van der Waals surface area contributed by atoms with E-state index in [0.29, 0.717) is 0 Å². The first-order chi connectivity index (χ1) is 3.91. The van der Waals surface area contributed by atoms with E-state index in [-0.39, 0.29) is 17.1 Å². The van der Waals surface area contributed by atoms with E-state index in [4.69, 9.17) is 4.79 Å². The number of rotatable bonds is 0. The van der Waals surface area contributed by atoms with Crippen LogP contribution in [0.1, 0.15) is 6.92 Å². The minimum atomic E-state index is 0. The van der Waals surface area contributed by atoms with Crippen molar-refractivity contribution in [2.45, 2.75) is 6.92 Å². The van der Waals surface area contributed by atoms with Crippen molar-refractivity contribution >= 4 is 6.29 Å². The Bertz CT molecular complexity index is 95.3. The van der Waals surface area contributed by atoms with Gasteiger partial charge in [-0.15, -0.1) is 0 Å². The zero-order chi connectivity index (χ0) is 6.24. The molecule has 1 rings (SSSR count). The van der Waals surface area contributed by atoms with Crippen LogP contribution in [0.5, 0.6) is 0 Å². The predicted molar refractivity (Wildman–Crippen MR) is 33.4 cm³/mol. The van der Waals surface area contributed by atoms with Crippen LogP contribution in [0.25, 0.3) is 0 Å². The molecule has 0 amide bonds. The molecule has 0 aliphatic heterocycles. The summed E-state index contributed by atoms with van der Waals surface area (Å²) in [5.41, 5.74) is 0. The third-order valence-electron chi connectivity index (χ3n) is 0.556. The topological polar surface area (TPSA) is 17.1 Å². The van der Waals surface area contributed by atoms with E-state index in [1.165, 1.54) is 13.2 Å². The monoisotopic (exact) mass is 163 g/mol. The van der Waals surface area contributed by atoms with Crippen molar-refractivity contribution in [2.24, 2.45) is 0 Å². The Morgan fingerprint density at radius 2 is 1.67 bits per heavy atom. The molecule has 0 bridgehead atoms. The third-order valence-corrected chi connectivity index (χ3v) is 0.556. The van der Waals surface area contributed by atoms with E-state index < -0.39 is 0 Å². The van der Waals surface area contributed by atoms with Gasteiger partial charge in [-0.3, -0.25) is 6.29 Å². The van der Waals surface area contributed by atoms with Gasteiger partial charge in [0, 0.05) is 0 Å². The molecule has 2 heteroatoms. The molecule has 1 nitrogen and oxygen atoms in total. The summed E-state index contributed by atoms with van der Waals surface area (Å²) in [7, 11) is 0. The fourth-order valence-electron chi connectivity index (χ4n) is 0.321. The SMILES string of the molecule is C[C-]=O.[Mn+2].c1cc[cH-]c1. The molecule has 0 aliphatic rings. The van der Waals surface area contributed by atoms with E-state index >= 15 is 0 Å². The summed E-state index contributed by atoms with van der Waals surface area (Å²) in [5.74, 6) is 0. The molecule has 0 atom stereocenters. The molecule has 0 saturated carbocycles. The second-order valence-electron chi connectivity index (χ2n) is 1.17. The summed E-state index contributed by atoms with van der Waals surface area (Å²) < 4.78 is 0. The maximum atomic E-state index is 8.68. The molecular weight excluding hydrogens is 155 g/mol. The zero-order valence-corrected chi connectivity index (χ0v) is 6.35. The van der Waals surface area contributed by atoms with Crippen LogP contribution in [0.2, 0.25) is 0 Å². The summed E-state index contributed by atoms with van der Waals surface area (Å²) in [5, 5.41) is 0. The Morgan fingerprint density at radius 3 is 1.78 bits per heavy atom. The summed E-state index contributed by atoms with van der Waals surface area (Å²) in [6, 6.07) is 10.0. The Kier molecular flexibility index (Phi) is 13.3. The first-order valence-electron chi connectivity index (χ1n) is 2.37. The Balaban J connectivity index is 0. The smallest absolute Gasteiger partial charge is 0.542 e. The van der Waals surface area contributed by atoms with Crippen LogP contribution in [0.4, 0.5) is 0 Å². The summed E-state index contributed by atoms with van der Waals surface area (Å²) in [6.45, 7) is 1.32. The van der Waals surface area contributed by atoms with Gasteiger partial charge in [0.15, 0.2) is 0 Å². The molecule has 0 spiro atoms. The van der Waals surface area contributed by atoms with E-state index in [9.17, 15) is 0 Å². The molecule has 0 aliphatic carbocycles. The van der Waals surface area contributed by atoms with Gasteiger partial charge in [-0.25, -0.2) is 12.1 Å². The molecule has 0 N–H and O–H groups in total. The van der Waals surface area contributed by atoms with Crippen molar-refractivity contribution < 1.29 is 21.9 Å². The maximum Gasteiger partial charge on any atom is 2.00 e. The van der Waals surface area contributed by atoms with Gasteiger partial charge < -0.3 is 4.79 Å². The maximum absolute atomic E-state index is 8.68. The Labute approximate surface area is 65.9 Å². The van der Waals surface area contributed by atoms with Gasteiger partial charge in [-0.2, -0.15) is 25.1 Å². The van der Waals surface area contributed by atoms with Crippen molar-refractivity contribution in [3.8, 4) is 0 Å². The van der Waals surface area contributed by atoms with Gasteiger partial charge in [0.2, 0.25) is 0 Å². The average molecular weight is 163 g/mol. The first-order valence-corrected chi connectivity index (χ1v) is 2.37. The minimum absolute atomic E-state index is 0. The number of hydrogen-bond acceptors (Lipinski definition) is 1. The van der Waals surface area contributed by atoms with Gasteiger partial charge in [0.1, 0.15) is 0 Å². The van der Waals surface area contributed by atoms with Crippen LogP contribution in [-0.2, 0) is 21.9 Å². The standard InChI is InChI=1S/C5H5.C2H3O.Mn/c1-2-4-5-3-1;1-2-3;/h1-5H;1H3;/q2*-1;+2. The Morgan fingerprint density at radius 1 is 1.33 bits per heavy atom. The van der Waals surface area contributed by atoms with Gasteiger partial charge in [0.05, 0.1) is 0 Å². The molecule has 49 valence electrons. The molecule has 9 heavy (non-hydrogen) atoms. The molecule has 1 aromatic rings. The zero-order valence-electron chi connectivity index (χ0n) is 5.17. The fraction of sp³-hybridized carbons (Fsp3) is 0.143. The second kappa shape index (κ2) is 10.5. The quantitative estimate of drug-likeness (QED) is 0.418. The van der Waals surface area contributed by atoms with Crippen molar-refractivity contribution in [1.82, 2.24) is 0 Å². The second-order valence-corrected chi connectivity index (χ2v) is 1.17. The van der Waals surface area contributed by atoms with Gasteiger partial charge >= 0.3 is 17.1 Å². The normalized spacial score (nSPS) is 5.89. The van der Waals surface area contributed by atoms with E-state index in [1.54, 1.807) is 0 Å². The molecule has 0 heterocycles. The van der Waals surface area contributed by atoms with Gasteiger partial charge in [0.25, 0.3) is 0 Å². The predicted octanol–water partition coefficient (Wildman–Crippen LogP) is 1.52. The molecule has 1 radical (unpaired) electrons. The van der Waals surface area contributed by atoms with Crippen LogP contribution in [0.15, 0.2) is 30.3 Å². The van der Waals surface area contributed by atoms with Crippen molar-refractivity contribution in [3.05, 3.63) is 30.3 Å². The largest absolute Gasteiger partial charge is 2.00 e. The Hall–Kier alpha value is -0.461. The van der Waals surface area contributed by atoms with Gasteiger partial charge in [-0.1, -0.05) is 0 Å². The van der Waals surface area contributed by atoms with Crippen molar-refractivity contribution in [1.29, 1.82) is 0 Å².